The first-order valence-electron chi connectivity index (χ1n) is 5.91. The van der Waals surface area contributed by atoms with Crippen LogP contribution >= 0.6 is 0 Å². The number of hydrogen-bond acceptors (Lipinski definition) is 3. The summed E-state index contributed by atoms with van der Waals surface area (Å²) < 4.78 is 5.32. The summed E-state index contributed by atoms with van der Waals surface area (Å²) in [4.78, 5) is 4.27. The van der Waals surface area contributed by atoms with Crippen LogP contribution in [0.2, 0.25) is 0 Å². The van der Waals surface area contributed by atoms with Gasteiger partial charge in [0.05, 0.1) is 6.26 Å². The highest BCUT2D eigenvalue weighted by Gasteiger charge is 2.05. The van der Waals surface area contributed by atoms with Gasteiger partial charge in [0.1, 0.15) is 5.76 Å². The van der Waals surface area contributed by atoms with Crippen LogP contribution in [0.3, 0.4) is 0 Å². The molecular weight excluding hydrogens is 212 g/mol. The molecule has 1 atom stereocenters. The molecule has 3 nitrogen and oxygen atoms in total. The SMILES string of the molecule is Cc1ccc(CNC(C)Cc2ccco2)cn1. The number of pyridine rings is 1. The molecule has 90 valence electrons. The molecule has 0 fully saturated rings. The molecule has 1 N–H and O–H groups in total. The van der Waals surface area contributed by atoms with Crippen LogP contribution in [0.5, 0.6) is 0 Å². The number of hydrogen-bond donors (Lipinski definition) is 1. The fourth-order valence-corrected chi connectivity index (χ4v) is 1.70. The summed E-state index contributed by atoms with van der Waals surface area (Å²) in [5.41, 5.74) is 2.26. The number of rotatable bonds is 5. The van der Waals surface area contributed by atoms with Gasteiger partial charge in [-0.15, -0.1) is 0 Å². The molecule has 0 spiro atoms. The maximum absolute atomic E-state index is 5.32. The average molecular weight is 230 g/mol. The largest absolute Gasteiger partial charge is 0.469 e. The van der Waals surface area contributed by atoms with E-state index in [4.69, 9.17) is 4.42 Å². The van der Waals surface area contributed by atoms with E-state index >= 15 is 0 Å². The van der Waals surface area contributed by atoms with Crippen LogP contribution in [0, 0.1) is 6.92 Å². The Labute approximate surface area is 102 Å². The van der Waals surface area contributed by atoms with Crippen LogP contribution in [0.1, 0.15) is 23.9 Å². The van der Waals surface area contributed by atoms with Gasteiger partial charge >= 0.3 is 0 Å². The third-order valence-electron chi connectivity index (χ3n) is 2.71. The molecule has 2 aromatic heterocycles. The van der Waals surface area contributed by atoms with Crippen molar-refractivity contribution in [1.29, 1.82) is 0 Å². The van der Waals surface area contributed by atoms with E-state index in [0.717, 1.165) is 24.4 Å². The van der Waals surface area contributed by atoms with E-state index < -0.39 is 0 Å². The van der Waals surface area contributed by atoms with E-state index in [9.17, 15) is 0 Å². The zero-order valence-electron chi connectivity index (χ0n) is 10.3. The van der Waals surface area contributed by atoms with Gasteiger partial charge < -0.3 is 9.73 Å². The molecule has 3 heteroatoms. The highest BCUT2D eigenvalue weighted by molar-refractivity contribution is 5.13. The quantitative estimate of drug-likeness (QED) is 0.858. The van der Waals surface area contributed by atoms with Crippen LogP contribution in [-0.4, -0.2) is 11.0 Å². The van der Waals surface area contributed by atoms with Gasteiger partial charge in [-0.25, -0.2) is 0 Å². The smallest absolute Gasteiger partial charge is 0.105 e. The first-order chi connectivity index (χ1) is 8.24. The lowest BCUT2D eigenvalue weighted by Gasteiger charge is -2.12. The molecule has 2 heterocycles. The summed E-state index contributed by atoms with van der Waals surface area (Å²) in [5, 5.41) is 3.46. The molecule has 2 aromatic rings. The Kier molecular flexibility index (Phi) is 3.94. The molecule has 0 saturated carbocycles. The van der Waals surface area contributed by atoms with Gasteiger partial charge in [0.25, 0.3) is 0 Å². The van der Waals surface area contributed by atoms with Crippen LogP contribution in [0.25, 0.3) is 0 Å². The third-order valence-corrected chi connectivity index (χ3v) is 2.71. The Morgan fingerprint density at radius 3 is 2.88 bits per heavy atom. The van der Waals surface area contributed by atoms with Gasteiger partial charge in [-0.2, -0.15) is 0 Å². The van der Waals surface area contributed by atoms with E-state index in [1.165, 1.54) is 5.56 Å². The standard InChI is InChI=1S/C14H18N2O/c1-11-5-6-13(9-15-11)10-16-12(2)8-14-4-3-7-17-14/h3-7,9,12,16H,8,10H2,1-2H3. The maximum Gasteiger partial charge on any atom is 0.105 e. The van der Waals surface area contributed by atoms with Crippen LogP contribution in [0.15, 0.2) is 41.1 Å². The van der Waals surface area contributed by atoms with Crippen molar-refractivity contribution >= 4 is 0 Å². The predicted molar refractivity (Wildman–Crippen MR) is 67.7 cm³/mol. The zero-order chi connectivity index (χ0) is 12.1. The molecule has 0 aliphatic carbocycles. The fourth-order valence-electron chi connectivity index (χ4n) is 1.70. The van der Waals surface area contributed by atoms with Crippen molar-refractivity contribution in [3.8, 4) is 0 Å². The number of nitrogens with zero attached hydrogens (tertiary/aromatic N) is 1. The van der Waals surface area contributed by atoms with Crippen molar-refractivity contribution in [3.05, 3.63) is 53.7 Å². The first kappa shape index (κ1) is 11.9. The van der Waals surface area contributed by atoms with Crippen molar-refractivity contribution in [2.24, 2.45) is 0 Å². The van der Waals surface area contributed by atoms with E-state index in [1.807, 2.05) is 31.3 Å². The normalized spacial score (nSPS) is 12.6. The van der Waals surface area contributed by atoms with Crippen LogP contribution in [-0.2, 0) is 13.0 Å². The highest BCUT2D eigenvalue weighted by atomic mass is 16.3. The Bertz CT molecular complexity index is 434. The van der Waals surface area contributed by atoms with Crippen molar-refractivity contribution in [2.45, 2.75) is 32.9 Å². The predicted octanol–water partition coefficient (Wildman–Crippen LogP) is 2.70. The number of furan rings is 1. The summed E-state index contributed by atoms with van der Waals surface area (Å²) in [6.45, 7) is 5.00. The maximum atomic E-state index is 5.32. The Morgan fingerprint density at radius 2 is 2.24 bits per heavy atom. The number of nitrogens with one attached hydrogen (secondary N) is 1. The molecule has 0 saturated heterocycles. The van der Waals surface area contributed by atoms with E-state index in [2.05, 4.69) is 23.3 Å². The molecule has 0 amide bonds. The zero-order valence-corrected chi connectivity index (χ0v) is 10.3. The molecule has 0 aromatic carbocycles. The van der Waals surface area contributed by atoms with E-state index in [1.54, 1.807) is 6.26 Å². The fraction of sp³-hybridized carbons (Fsp3) is 0.357. The molecule has 0 aliphatic rings. The van der Waals surface area contributed by atoms with Gasteiger partial charge in [-0.1, -0.05) is 6.07 Å². The molecule has 17 heavy (non-hydrogen) atoms. The Morgan fingerprint density at radius 1 is 1.35 bits per heavy atom. The van der Waals surface area contributed by atoms with E-state index in [-0.39, 0.29) is 0 Å². The third kappa shape index (κ3) is 3.71. The highest BCUT2D eigenvalue weighted by Crippen LogP contribution is 2.05. The lowest BCUT2D eigenvalue weighted by molar-refractivity contribution is 0.456. The van der Waals surface area contributed by atoms with Crippen molar-refractivity contribution in [3.63, 3.8) is 0 Å². The van der Waals surface area contributed by atoms with Crippen molar-refractivity contribution in [2.75, 3.05) is 0 Å². The van der Waals surface area contributed by atoms with Crippen molar-refractivity contribution < 1.29 is 4.42 Å². The summed E-state index contributed by atoms with van der Waals surface area (Å²) >= 11 is 0. The first-order valence-corrected chi connectivity index (χ1v) is 5.91. The minimum atomic E-state index is 0.391. The number of aryl methyl sites for hydroxylation is 1. The van der Waals surface area contributed by atoms with Crippen molar-refractivity contribution in [1.82, 2.24) is 10.3 Å². The van der Waals surface area contributed by atoms with Gasteiger partial charge in [0, 0.05) is 30.9 Å². The van der Waals surface area contributed by atoms with Crippen LogP contribution in [0.4, 0.5) is 0 Å². The summed E-state index contributed by atoms with van der Waals surface area (Å²) in [6.07, 6.45) is 4.54. The minimum Gasteiger partial charge on any atom is -0.469 e. The summed E-state index contributed by atoms with van der Waals surface area (Å²) in [7, 11) is 0. The molecule has 0 bridgehead atoms. The summed E-state index contributed by atoms with van der Waals surface area (Å²) in [5.74, 6) is 1.02. The van der Waals surface area contributed by atoms with Crippen LogP contribution < -0.4 is 5.32 Å². The molecular formula is C14H18N2O. The Hall–Kier alpha value is -1.61. The molecule has 2 rings (SSSR count). The lowest BCUT2D eigenvalue weighted by Crippen LogP contribution is -2.27. The topological polar surface area (TPSA) is 38.1 Å². The molecule has 0 aliphatic heterocycles. The lowest BCUT2D eigenvalue weighted by atomic mass is 10.2. The van der Waals surface area contributed by atoms with E-state index in [0.29, 0.717) is 6.04 Å². The minimum absolute atomic E-state index is 0.391. The monoisotopic (exact) mass is 230 g/mol. The Balaban J connectivity index is 1.79. The second-order valence-corrected chi connectivity index (χ2v) is 4.37. The van der Waals surface area contributed by atoms with Gasteiger partial charge in [0.2, 0.25) is 0 Å². The second kappa shape index (κ2) is 5.64. The second-order valence-electron chi connectivity index (χ2n) is 4.37. The average Bonchev–Trinajstić information content (AvgIpc) is 2.81. The number of aromatic nitrogens is 1. The van der Waals surface area contributed by atoms with Gasteiger partial charge in [-0.05, 0) is 37.6 Å². The molecule has 1 unspecified atom stereocenters. The van der Waals surface area contributed by atoms with Gasteiger partial charge in [0.15, 0.2) is 0 Å². The molecule has 0 radical (unpaired) electrons. The van der Waals surface area contributed by atoms with Gasteiger partial charge in [-0.3, -0.25) is 4.98 Å². The summed E-state index contributed by atoms with van der Waals surface area (Å²) in [6, 6.07) is 8.46.